The molecular formula is C25H24N2O3. The maximum Gasteiger partial charge on any atom is 0.256 e. The molecule has 3 aromatic rings. The summed E-state index contributed by atoms with van der Waals surface area (Å²) >= 11 is 0. The number of carbonyl (C=O) groups is 1. The molecule has 0 aliphatic carbocycles. The van der Waals surface area contributed by atoms with Crippen LogP contribution in [0.4, 0.5) is 5.69 Å². The van der Waals surface area contributed by atoms with Crippen LogP contribution in [0.15, 0.2) is 66.7 Å². The highest BCUT2D eigenvalue weighted by molar-refractivity contribution is 6.01. The van der Waals surface area contributed by atoms with Gasteiger partial charge < -0.3 is 19.7 Å². The lowest BCUT2D eigenvalue weighted by atomic mass is 9.94. The number of amides is 1. The van der Waals surface area contributed by atoms with Gasteiger partial charge in [-0.3, -0.25) is 4.79 Å². The molecule has 5 heteroatoms. The van der Waals surface area contributed by atoms with Gasteiger partial charge in [-0.25, -0.2) is 0 Å². The number of hydrogen-bond donors (Lipinski definition) is 1. The molecule has 30 heavy (non-hydrogen) atoms. The fraction of sp³-hybridized carbons (Fsp3) is 0.240. The molecular weight excluding hydrogens is 376 g/mol. The Morgan fingerprint density at radius 2 is 1.77 bits per heavy atom. The van der Waals surface area contributed by atoms with E-state index < -0.39 is 0 Å². The lowest BCUT2D eigenvalue weighted by molar-refractivity contribution is 0.0660. The van der Waals surface area contributed by atoms with Crippen molar-refractivity contribution in [1.82, 2.24) is 4.90 Å². The fourth-order valence-electron chi connectivity index (χ4n) is 4.28. The number of rotatable bonds is 4. The second-order valence-electron chi connectivity index (χ2n) is 7.76. The Balaban J connectivity index is 1.44. The zero-order valence-electron chi connectivity index (χ0n) is 16.9. The van der Waals surface area contributed by atoms with Crippen molar-refractivity contribution in [1.29, 1.82) is 0 Å². The number of nitrogens with zero attached hydrogens (tertiary/aromatic N) is 1. The number of nitrogens with one attached hydrogen (secondary N) is 1. The minimum Gasteiger partial charge on any atom is -0.493 e. The number of hydrogen-bond acceptors (Lipinski definition) is 4. The van der Waals surface area contributed by atoms with E-state index in [-0.39, 0.29) is 11.9 Å². The maximum absolute atomic E-state index is 13.4. The molecule has 0 saturated carbocycles. The summed E-state index contributed by atoms with van der Waals surface area (Å²) in [7, 11) is 1.60. The number of carbonyl (C=O) groups excluding carboxylic acids is 1. The molecule has 0 bridgehead atoms. The second-order valence-corrected chi connectivity index (χ2v) is 7.76. The highest BCUT2D eigenvalue weighted by Crippen LogP contribution is 2.37. The Morgan fingerprint density at radius 3 is 2.57 bits per heavy atom. The van der Waals surface area contributed by atoms with Gasteiger partial charge in [0.15, 0.2) is 11.5 Å². The number of fused-ring (bicyclic) bond motifs is 3. The van der Waals surface area contributed by atoms with E-state index in [9.17, 15) is 4.79 Å². The largest absolute Gasteiger partial charge is 0.493 e. The summed E-state index contributed by atoms with van der Waals surface area (Å²) < 4.78 is 11.6. The smallest absolute Gasteiger partial charge is 0.256 e. The van der Waals surface area contributed by atoms with Gasteiger partial charge in [-0.15, -0.1) is 0 Å². The minimum atomic E-state index is 0.0300. The molecule has 0 radical (unpaired) electrons. The zero-order valence-corrected chi connectivity index (χ0v) is 16.9. The van der Waals surface area contributed by atoms with Crippen LogP contribution in [0.1, 0.15) is 27.0 Å². The van der Waals surface area contributed by atoms with Crippen LogP contribution in [-0.2, 0) is 19.6 Å². The topological polar surface area (TPSA) is 50.8 Å². The maximum atomic E-state index is 13.4. The molecule has 1 atom stereocenters. The highest BCUT2D eigenvalue weighted by atomic mass is 16.5. The zero-order chi connectivity index (χ0) is 20.5. The summed E-state index contributed by atoms with van der Waals surface area (Å²) in [5.74, 6) is 1.22. The van der Waals surface area contributed by atoms with Crippen LogP contribution in [-0.4, -0.2) is 30.5 Å². The van der Waals surface area contributed by atoms with Crippen molar-refractivity contribution in [2.45, 2.75) is 25.6 Å². The summed E-state index contributed by atoms with van der Waals surface area (Å²) in [6.45, 7) is 1.78. The summed E-state index contributed by atoms with van der Waals surface area (Å²) in [4.78, 5) is 15.4. The minimum absolute atomic E-state index is 0.0300. The molecule has 5 nitrogen and oxygen atoms in total. The van der Waals surface area contributed by atoms with Crippen molar-refractivity contribution in [3.05, 3.63) is 89.0 Å². The van der Waals surface area contributed by atoms with Gasteiger partial charge in [-0.05, 0) is 29.2 Å². The molecule has 0 fully saturated rings. The molecule has 5 rings (SSSR count). The second kappa shape index (κ2) is 7.75. The Hall–Kier alpha value is -3.47. The average Bonchev–Trinajstić information content (AvgIpc) is 2.92. The first-order valence-corrected chi connectivity index (χ1v) is 10.2. The standard InChI is InChI=1S/C25H24N2O3/c1-29-23-12-21-22(13-24(23)30-16-17-7-3-2-4-8-17)26-14-20-11-18-9-5-6-10-19(18)15-27(20)25(21)28/h2-10,12-13,20,26H,11,14-16H2,1H3/t20-/m0/s1. The van der Waals surface area contributed by atoms with E-state index in [1.807, 2.05) is 47.4 Å². The molecule has 2 aliphatic rings. The first-order valence-electron chi connectivity index (χ1n) is 10.2. The van der Waals surface area contributed by atoms with Gasteiger partial charge in [0.05, 0.1) is 24.4 Å². The number of methoxy groups -OCH3 is 1. The summed E-state index contributed by atoms with van der Waals surface area (Å²) in [6.07, 6.45) is 0.859. The number of benzene rings is 3. The van der Waals surface area contributed by atoms with Crippen LogP contribution in [0, 0.1) is 0 Å². The summed E-state index contributed by atoms with van der Waals surface area (Å²) in [6, 6.07) is 22.2. The lowest BCUT2D eigenvalue weighted by Gasteiger charge is -2.35. The Kier molecular flexibility index (Phi) is 4.79. The average molecular weight is 400 g/mol. The van der Waals surface area contributed by atoms with Gasteiger partial charge in [0, 0.05) is 19.2 Å². The molecule has 0 saturated heterocycles. The van der Waals surface area contributed by atoms with Gasteiger partial charge in [0.1, 0.15) is 6.61 Å². The van der Waals surface area contributed by atoms with Gasteiger partial charge in [-0.1, -0.05) is 54.6 Å². The quantitative estimate of drug-likeness (QED) is 0.711. The van der Waals surface area contributed by atoms with Gasteiger partial charge in [0.25, 0.3) is 5.91 Å². The summed E-state index contributed by atoms with van der Waals surface area (Å²) in [5.41, 5.74) is 5.04. The first-order chi connectivity index (χ1) is 14.7. The molecule has 0 spiro atoms. The molecule has 0 unspecified atom stereocenters. The van der Waals surface area contributed by atoms with Gasteiger partial charge >= 0.3 is 0 Å². The first kappa shape index (κ1) is 18.6. The Morgan fingerprint density at radius 1 is 1.00 bits per heavy atom. The van der Waals surface area contributed by atoms with E-state index in [1.165, 1.54) is 11.1 Å². The van der Waals surface area contributed by atoms with Crippen molar-refractivity contribution in [2.24, 2.45) is 0 Å². The third-order valence-electron chi connectivity index (χ3n) is 5.92. The predicted molar refractivity (Wildman–Crippen MR) is 116 cm³/mol. The van der Waals surface area contributed by atoms with Crippen LogP contribution < -0.4 is 14.8 Å². The molecule has 3 aromatic carbocycles. The molecule has 1 N–H and O–H groups in total. The predicted octanol–water partition coefficient (Wildman–Crippen LogP) is 4.27. The normalized spacial score (nSPS) is 17.2. The lowest BCUT2D eigenvalue weighted by Crippen LogP contribution is -2.45. The van der Waals surface area contributed by atoms with Crippen LogP contribution in [0.2, 0.25) is 0 Å². The Bertz CT molecular complexity index is 1080. The van der Waals surface area contributed by atoms with Crippen LogP contribution in [0.25, 0.3) is 0 Å². The van der Waals surface area contributed by atoms with E-state index in [0.717, 1.165) is 17.7 Å². The van der Waals surface area contributed by atoms with Crippen molar-refractivity contribution < 1.29 is 14.3 Å². The van der Waals surface area contributed by atoms with E-state index in [0.29, 0.717) is 36.8 Å². The highest BCUT2D eigenvalue weighted by Gasteiger charge is 2.34. The van der Waals surface area contributed by atoms with Crippen molar-refractivity contribution in [2.75, 3.05) is 19.0 Å². The van der Waals surface area contributed by atoms with E-state index in [4.69, 9.17) is 9.47 Å². The van der Waals surface area contributed by atoms with Crippen LogP contribution in [0.3, 0.4) is 0 Å². The third-order valence-corrected chi connectivity index (χ3v) is 5.92. The Labute approximate surface area is 176 Å². The SMILES string of the molecule is COc1cc2c(cc1OCc1ccccc1)NC[C@@H]1Cc3ccccc3CN1C2=O. The van der Waals surface area contributed by atoms with Crippen molar-refractivity contribution in [3.63, 3.8) is 0 Å². The van der Waals surface area contributed by atoms with E-state index >= 15 is 0 Å². The van der Waals surface area contributed by atoms with Gasteiger partial charge in [-0.2, -0.15) is 0 Å². The molecule has 2 aliphatic heterocycles. The number of ether oxygens (including phenoxy) is 2. The van der Waals surface area contributed by atoms with Crippen LogP contribution >= 0.6 is 0 Å². The summed E-state index contributed by atoms with van der Waals surface area (Å²) in [5, 5.41) is 3.48. The van der Waals surface area contributed by atoms with E-state index in [1.54, 1.807) is 13.2 Å². The van der Waals surface area contributed by atoms with Crippen LogP contribution in [0.5, 0.6) is 11.5 Å². The molecule has 2 heterocycles. The van der Waals surface area contributed by atoms with E-state index in [2.05, 4.69) is 23.5 Å². The molecule has 1 amide bonds. The molecule has 152 valence electrons. The number of anilines is 1. The monoisotopic (exact) mass is 400 g/mol. The van der Waals surface area contributed by atoms with Gasteiger partial charge in [0.2, 0.25) is 0 Å². The van der Waals surface area contributed by atoms with Crippen molar-refractivity contribution in [3.8, 4) is 11.5 Å². The van der Waals surface area contributed by atoms with Crippen molar-refractivity contribution >= 4 is 11.6 Å². The molecule has 0 aromatic heterocycles. The third kappa shape index (κ3) is 3.36. The fourth-order valence-corrected chi connectivity index (χ4v) is 4.28.